The van der Waals surface area contributed by atoms with Gasteiger partial charge in [-0.25, -0.2) is 0 Å². The van der Waals surface area contributed by atoms with Gasteiger partial charge in [0.1, 0.15) is 0 Å². The van der Waals surface area contributed by atoms with E-state index in [0.717, 1.165) is 25.1 Å². The number of aliphatic hydroxyl groups excluding tert-OH is 2. The van der Waals surface area contributed by atoms with E-state index in [-0.39, 0.29) is 6.61 Å². The van der Waals surface area contributed by atoms with Gasteiger partial charge in [0, 0.05) is 19.1 Å². The van der Waals surface area contributed by atoms with Crippen molar-refractivity contribution < 1.29 is 10.2 Å². The Balaban J connectivity index is 1.92. The van der Waals surface area contributed by atoms with Gasteiger partial charge in [0.05, 0.1) is 12.7 Å². The monoisotopic (exact) mass is 291 g/mol. The molecule has 1 aromatic carbocycles. The van der Waals surface area contributed by atoms with Crippen LogP contribution in [0.3, 0.4) is 0 Å². The minimum Gasteiger partial charge on any atom is -0.395 e. The molecule has 0 bridgehead atoms. The minimum absolute atomic E-state index is 0.205. The van der Waals surface area contributed by atoms with E-state index < -0.39 is 6.10 Å². The van der Waals surface area contributed by atoms with Crippen LogP contribution in [0.15, 0.2) is 18.2 Å². The Kier molecular flexibility index (Phi) is 6.22. The van der Waals surface area contributed by atoms with Gasteiger partial charge in [-0.3, -0.25) is 4.90 Å². The van der Waals surface area contributed by atoms with Gasteiger partial charge in [-0.1, -0.05) is 42.2 Å². The smallest absolute Gasteiger partial charge is 0.0802 e. The summed E-state index contributed by atoms with van der Waals surface area (Å²) >= 11 is 0. The Hall–Kier alpha value is -0.900. The highest BCUT2D eigenvalue weighted by Gasteiger charge is 2.22. The summed E-state index contributed by atoms with van der Waals surface area (Å²) in [6.45, 7) is 5.93. The van der Waals surface area contributed by atoms with Gasteiger partial charge in [0.25, 0.3) is 0 Å². The van der Waals surface area contributed by atoms with Crippen LogP contribution in [-0.2, 0) is 0 Å². The van der Waals surface area contributed by atoms with Crippen LogP contribution >= 0.6 is 0 Å². The summed E-state index contributed by atoms with van der Waals surface area (Å²) in [4.78, 5) is 2.36. The fraction of sp³-hybridized carbons (Fsp3) is 0.667. The van der Waals surface area contributed by atoms with E-state index in [2.05, 4.69) is 36.9 Å². The molecule has 0 heterocycles. The SMILES string of the molecule is Cc1cc(C)cc(C(O)CCN(CCO)C2CCCC2)c1. The molecule has 1 atom stereocenters. The molecule has 3 heteroatoms. The zero-order chi connectivity index (χ0) is 15.2. The van der Waals surface area contributed by atoms with E-state index in [0.29, 0.717) is 6.04 Å². The molecule has 1 aliphatic carbocycles. The van der Waals surface area contributed by atoms with Crippen molar-refractivity contribution >= 4 is 0 Å². The standard InChI is InChI=1S/C18H29NO2/c1-14-11-15(2)13-16(12-14)18(21)7-8-19(9-10-20)17-5-3-4-6-17/h11-13,17-18,20-21H,3-10H2,1-2H3. The highest BCUT2D eigenvalue weighted by molar-refractivity contribution is 5.29. The van der Waals surface area contributed by atoms with Crippen LogP contribution in [0.2, 0.25) is 0 Å². The molecule has 1 aromatic rings. The summed E-state index contributed by atoms with van der Waals surface area (Å²) in [6, 6.07) is 6.88. The summed E-state index contributed by atoms with van der Waals surface area (Å²) < 4.78 is 0. The molecule has 0 spiro atoms. The normalized spacial score (nSPS) is 17.6. The van der Waals surface area contributed by atoms with Crippen molar-refractivity contribution in [2.75, 3.05) is 19.7 Å². The van der Waals surface area contributed by atoms with Gasteiger partial charge in [0.2, 0.25) is 0 Å². The Bertz CT molecular complexity index is 421. The van der Waals surface area contributed by atoms with Crippen LogP contribution in [0.25, 0.3) is 0 Å². The van der Waals surface area contributed by atoms with Crippen LogP contribution < -0.4 is 0 Å². The van der Waals surface area contributed by atoms with Crippen LogP contribution in [0.5, 0.6) is 0 Å². The molecule has 3 nitrogen and oxygen atoms in total. The Morgan fingerprint density at radius 3 is 2.29 bits per heavy atom. The molecule has 0 amide bonds. The van der Waals surface area contributed by atoms with Crippen molar-refractivity contribution in [3.8, 4) is 0 Å². The van der Waals surface area contributed by atoms with Crippen molar-refractivity contribution in [1.82, 2.24) is 4.90 Å². The van der Waals surface area contributed by atoms with Crippen LogP contribution in [0.4, 0.5) is 0 Å². The Labute approximate surface area is 128 Å². The van der Waals surface area contributed by atoms with Gasteiger partial charge < -0.3 is 10.2 Å². The summed E-state index contributed by atoms with van der Waals surface area (Å²) in [5.41, 5.74) is 3.42. The zero-order valence-electron chi connectivity index (χ0n) is 13.4. The molecule has 21 heavy (non-hydrogen) atoms. The maximum Gasteiger partial charge on any atom is 0.0802 e. The fourth-order valence-electron chi connectivity index (χ4n) is 3.53. The first-order valence-electron chi connectivity index (χ1n) is 8.21. The van der Waals surface area contributed by atoms with Crippen LogP contribution in [0.1, 0.15) is 54.9 Å². The van der Waals surface area contributed by atoms with E-state index in [1.165, 1.54) is 36.8 Å². The number of nitrogens with zero attached hydrogens (tertiary/aromatic N) is 1. The van der Waals surface area contributed by atoms with Gasteiger partial charge in [-0.05, 0) is 38.7 Å². The number of hydrogen-bond donors (Lipinski definition) is 2. The summed E-state index contributed by atoms with van der Waals surface area (Å²) in [7, 11) is 0. The molecule has 118 valence electrons. The molecule has 2 rings (SSSR count). The molecular weight excluding hydrogens is 262 g/mol. The Morgan fingerprint density at radius 1 is 1.10 bits per heavy atom. The third-order valence-electron chi connectivity index (χ3n) is 4.55. The van der Waals surface area contributed by atoms with Crippen LogP contribution in [0, 0.1) is 13.8 Å². The van der Waals surface area contributed by atoms with E-state index >= 15 is 0 Å². The van der Waals surface area contributed by atoms with E-state index in [9.17, 15) is 10.2 Å². The lowest BCUT2D eigenvalue weighted by atomic mass is 10.0. The highest BCUT2D eigenvalue weighted by Crippen LogP contribution is 2.25. The lowest BCUT2D eigenvalue weighted by Gasteiger charge is -2.29. The highest BCUT2D eigenvalue weighted by atomic mass is 16.3. The van der Waals surface area contributed by atoms with Crippen LogP contribution in [-0.4, -0.2) is 40.9 Å². The quantitative estimate of drug-likeness (QED) is 0.812. The van der Waals surface area contributed by atoms with E-state index in [1.54, 1.807) is 0 Å². The topological polar surface area (TPSA) is 43.7 Å². The first-order valence-corrected chi connectivity index (χ1v) is 8.21. The van der Waals surface area contributed by atoms with E-state index in [1.807, 2.05) is 0 Å². The maximum absolute atomic E-state index is 10.4. The number of aryl methyl sites for hydroxylation is 2. The van der Waals surface area contributed by atoms with Gasteiger partial charge in [-0.2, -0.15) is 0 Å². The lowest BCUT2D eigenvalue weighted by Crippen LogP contribution is -2.37. The summed E-state index contributed by atoms with van der Waals surface area (Å²) in [5.74, 6) is 0. The van der Waals surface area contributed by atoms with Crippen molar-refractivity contribution in [1.29, 1.82) is 0 Å². The first kappa shape index (κ1) is 16.5. The maximum atomic E-state index is 10.4. The van der Waals surface area contributed by atoms with Crippen molar-refractivity contribution in [3.63, 3.8) is 0 Å². The molecule has 0 saturated heterocycles. The molecule has 1 fully saturated rings. The average molecular weight is 291 g/mol. The van der Waals surface area contributed by atoms with Crippen molar-refractivity contribution in [3.05, 3.63) is 34.9 Å². The molecule has 1 aliphatic rings. The fourth-order valence-corrected chi connectivity index (χ4v) is 3.53. The zero-order valence-corrected chi connectivity index (χ0v) is 13.4. The largest absolute Gasteiger partial charge is 0.395 e. The third kappa shape index (κ3) is 4.80. The first-order chi connectivity index (χ1) is 10.1. The Morgan fingerprint density at radius 2 is 1.71 bits per heavy atom. The third-order valence-corrected chi connectivity index (χ3v) is 4.55. The van der Waals surface area contributed by atoms with Gasteiger partial charge in [0.15, 0.2) is 0 Å². The van der Waals surface area contributed by atoms with E-state index in [4.69, 9.17) is 0 Å². The summed E-state index contributed by atoms with van der Waals surface area (Å²) in [6.07, 6.45) is 5.39. The predicted molar refractivity (Wildman–Crippen MR) is 86.4 cm³/mol. The average Bonchev–Trinajstić information content (AvgIpc) is 2.96. The number of hydrogen-bond acceptors (Lipinski definition) is 3. The second-order valence-corrected chi connectivity index (χ2v) is 6.42. The second-order valence-electron chi connectivity index (χ2n) is 6.42. The lowest BCUT2D eigenvalue weighted by molar-refractivity contribution is 0.108. The summed E-state index contributed by atoms with van der Waals surface area (Å²) in [5, 5.41) is 19.7. The molecule has 1 saturated carbocycles. The molecule has 0 radical (unpaired) electrons. The minimum atomic E-state index is -0.411. The van der Waals surface area contributed by atoms with Crippen molar-refractivity contribution in [2.24, 2.45) is 0 Å². The molecule has 1 unspecified atom stereocenters. The molecule has 0 aromatic heterocycles. The van der Waals surface area contributed by atoms with Gasteiger partial charge >= 0.3 is 0 Å². The second kappa shape index (κ2) is 7.92. The molecular formula is C18H29NO2. The van der Waals surface area contributed by atoms with Gasteiger partial charge in [-0.15, -0.1) is 0 Å². The van der Waals surface area contributed by atoms with Crippen molar-refractivity contribution in [2.45, 2.75) is 58.1 Å². The molecule has 2 N–H and O–H groups in total. The predicted octanol–water partition coefficient (Wildman–Crippen LogP) is 2.96. The number of aliphatic hydroxyl groups is 2. The number of benzene rings is 1. The number of rotatable bonds is 7. The molecule has 0 aliphatic heterocycles.